The van der Waals surface area contributed by atoms with Gasteiger partial charge in [0.15, 0.2) is 0 Å². The van der Waals surface area contributed by atoms with Crippen molar-refractivity contribution in [2.45, 2.75) is 24.6 Å². The van der Waals surface area contributed by atoms with Crippen LogP contribution in [0.2, 0.25) is 0 Å². The van der Waals surface area contributed by atoms with Gasteiger partial charge in [-0.1, -0.05) is 9.39 Å². The molecule has 1 saturated heterocycles. The Labute approximate surface area is 124 Å². The Morgan fingerprint density at radius 1 is 1.45 bits per heavy atom. The van der Waals surface area contributed by atoms with E-state index in [1.54, 1.807) is 6.20 Å². The molecule has 1 fully saturated rings. The first-order valence-corrected chi connectivity index (χ1v) is 7.72. The van der Waals surface area contributed by atoms with E-state index in [0.29, 0.717) is 13.0 Å². The predicted molar refractivity (Wildman–Crippen MR) is 87.0 cm³/mol. The molecule has 0 aliphatic carbocycles. The van der Waals surface area contributed by atoms with Gasteiger partial charge in [0.05, 0.1) is 36.0 Å². The number of nitrogens with zero attached hydrogens (tertiary/aromatic N) is 4. The van der Waals surface area contributed by atoms with Gasteiger partial charge in [0.25, 0.3) is 0 Å². The highest BCUT2D eigenvalue weighted by atomic mass is 31.0. The minimum absolute atomic E-state index is 0.107. The quantitative estimate of drug-likeness (QED) is 0.855. The number of rotatable bonds is 3. The third kappa shape index (κ3) is 2.39. The Bertz CT molecular complexity index is 623. The molecule has 0 saturated carbocycles. The molecule has 20 heavy (non-hydrogen) atoms. The lowest BCUT2D eigenvalue weighted by Gasteiger charge is -2.25. The standard InChI is InChI=1S/C11H17N4O2P3/c16-9-1-6(4-17-20)15(19)11(9)7-3-14(18)8-2-12-5-13-10(7)8/h2-3,5-6,9,11,16H,1,4,18-20H2/t6?,9-,11?/m1/s1. The SMILES string of the molecule is O[C@@H]1CC(COP)N(P)C1c1cn(P)c2cncnc12. The maximum Gasteiger partial charge on any atom is 0.116 e. The van der Waals surface area contributed by atoms with E-state index >= 15 is 0 Å². The molecule has 0 aromatic carbocycles. The summed E-state index contributed by atoms with van der Waals surface area (Å²) in [6.45, 7) is 0.566. The summed E-state index contributed by atoms with van der Waals surface area (Å²) in [4.78, 5) is 8.41. The molecule has 6 atom stereocenters. The third-order valence-corrected chi connectivity index (χ3v) is 5.11. The summed E-state index contributed by atoms with van der Waals surface area (Å²) in [7, 11) is 7.59. The lowest BCUT2D eigenvalue weighted by molar-refractivity contribution is 0.146. The van der Waals surface area contributed by atoms with Crippen molar-refractivity contribution in [3.05, 3.63) is 24.3 Å². The van der Waals surface area contributed by atoms with E-state index in [1.807, 2.05) is 10.5 Å². The van der Waals surface area contributed by atoms with Crippen molar-refractivity contribution in [2.24, 2.45) is 0 Å². The fourth-order valence-electron chi connectivity index (χ4n) is 2.82. The fraction of sp³-hybridized carbons (Fsp3) is 0.455. The molecule has 0 spiro atoms. The largest absolute Gasteiger partial charge is 0.391 e. The second-order valence-corrected chi connectivity index (χ2v) is 6.42. The molecule has 6 nitrogen and oxygen atoms in total. The number of hydrogen-bond acceptors (Lipinski definition) is 5. The Balaban J connectivity index is 2.02. The predicted octanol–water partition coefficient (Wildman–Crippen LogP) is 1.14. The second kappa shape index (κ2) is 5.88. The summed E-state index contributed by atoms with van der Waals surface area (Å²) in [6.07, 6.45) is 5.53. The molecule has 3 rings (SSSR count). The molecular weight excluding hydrogens is 313 g/mol. The van der Waals surface area contributed by atoms with Crippen LogP contribution in [0.3, 0.4) is 0 Å². The van der Waals surface area contributed by atoms with Crippen molar-refractivity contribution in [1.29, 1.82) is 0 Å². The monoisotopic (exact) mass is 330 g/mol. The van der Waals surface area contributed by atoms with Crippen LogP contribution in [0.1, 0.15) is 18.0 Å². The molecule has 5 unspecified atom stereocenters. The molecule has 9 heteroatoms. The summed E-state index contributed by atoms with van der Waals surface area (Å²) in [5, 5.41) is 10.4. The molecule has 1 aliphatic heterocycles. The number of hydrogen-bond donors (Lipinski definition) is 1. The molecule has 2 aromatic rings. The van der Waals surface area contributed by atoms with Crippen molar-refractivity contribution in [3.8, 4) is 0 Å². The van der Waals surface area contributed by atoms with Crippen LogP contribution in [-0.2, 0) is 4.52 Å². The second-order valence-electron chi connectivity index (χ2n) is 4.93. The Morgan fingerprint density at radius 2 is 2.25 bits per heavy atom. The first-order chi connectivity index (χ1) is 9.63. The van der Waals surface area contributed by atoms with E-state index in [4.69, 9.17) is 4.52 Å². The average molecular weight is 330 g/mol. The van der Waals surface area contributed by atoms with E-state index in [0.717, 1.165) is 16.6 Å². The van der Waals surface area contributed by atoms with Gasteiger partial charge < -0.3 is 14.0 Å². The molecule has 3 heterocycles. The van der Waals surface area contributed by atoms with Crippen molar-refractivity contribution >= 4 is 39.3 Å². The van der Waals surface area contributed by atoms with Crippen LogP contribution in [0.15, 0.2) is 18.7 Å². The molecule has 2 aromatic heterocycles. The van der Waals surface area contributed by atoms with E-state index < -0.39 is 6.10 Å². The summed E-state index contributed by atoms with van der Waals surface area (Å²) >= 11 is 0. The molecule has 0 bridgehead atoms. The maximum atomic E-state index is 10.4. The van der Waals surface area contributed by atoms with Crippen LogP contribution in [0.25, 0.3) is 11.0 Å². The van der Waals surface area contributed by atoms with Gasteiger partial charge >= 0.3 is 0 Å². The van der Waals surface area contributed by atoms with Crippen LogP contribution in [0.5, 0.6) is 0 Å². The van der Waals surface area contributed by atoms with E-state index in [9.17, 15) is 5.11 Å². The van der Waals surface area contributed by atoms with Crippen molar-refractivity contribution in [2.75, 3.05) is 6.61 Å². The van der Waals surface area contributed by atoms with Gasteiger partial charge in [-0.2, -0.15) is 0 Å². The van der Waals surface area contributed by atoms with Crippen molar-refractivity contribution in [1.82, 2.24) is 19.0 Å². The zero-order valence-electron chi connectivity index (χ0n) is 10.8. The Hall–Kier alpha value is -0.210. The number of aliphatic hydroxyl groups excluding tert-OH is 1. The highest BCUT2D eigenvalue weighted by molar-refractivity contribution is 7.15. The van der Waals surface area contributed by atoms with Crippen molar-refractivity contribution < 1.29 is 9.63 Å². The Kier molecular flexibility index (Phi) is 4.33. The van der Waals surface area contributed by atoms with Crippen LogP contribution in [-0.4, -0.2) is 42.8 Å². The smallest absolute Gasteiger partial charge is 0.116 e. The average Bonchev–Trinajstić information content (AvgIpc) is 2.90. The highest BCUT2D eigenvalue weighted by Crippen LogP contribution is 2.42. The summed E-state index contributed by atoms with van der Waals surface area (Å²) in [5.74, 6) is 0. The lowest BCUT2D eigenvalue weighted by Crippen LogP contribution is -2.26. The van der Waals surface area contributed by atoms with Gasteiger partial charge in [-0.3, -0.25) is 4.67 Å². The van der Waals surface area contributed by atoms with Crippen LogP contribution >= 0.6 is 28.2 Å². The molecule has 1 N–H and O–H groups in total. The molecular formula is C11H17N4O2P3. The van der Waals surface area contributed by atoms with Gasteiger partial charge in [-0.15, -0.1) is 0 Å². The zero-order valence-corrected chi connectivity index (χ0v) is 14.2. The highest BCUT2D eigenvalue weighted by Gasteiger charge is 2.40. The number of aliphatic hydroxyl groups is 1. The molecule has 0 radical (unpaired) electrons. The number of fused-ring (bicyclic) bond motifs is 1. The zero-order chi connectivity index (χ0) is 14.3. The summed E-state index contributed by atoms with van der Waals surface area (Å²) in [5.41, 5.74) is 2.81. The van der Waals surface area contributed by atoms with E-state index in [2.05, 4.69) is 42.9 Å². The fourth-order valence-corrected chi connectivity index (χ4v) is 3.96. The maximum absolute atomic E-state index is 10.4. The van der Waals surface area contributed by atoms with E-state index in [1.165, 1.54) is 6.33 Å². The van der Waals surface area contributed by atoms with Gasteiger partial charge in [0.2, 0.25) is 0 Å². The third-order valence-electron chi connectivity index (χ3n) is 3.75. The summed E-state index contributed by atoms with van der Waals surface area (Å²) in [6, 6.07) is 0.0617. The number of aromatic nitrogens is 3. The molecule has 108 valence electrons. The minimum Gasteiger partial charge on any atom is -0.391 e. The lowest BCUT2D eigenvalue weighted by atomic mass is 10.0. The van der Waals surface area contributed by atoms with Crippen molar-refractivity contribution in [3.63, 3.8) is 0 Å². The normalized spacial score (nSPS) is 27.5. The topological polar surface area (TPSA) is 63.4 Å². The van der Waals surface area contributed by atoms with Gasteiger partial charge in [-0.05, 0) is 15.8 Å². The molecule has 0 amide bonds. The van der Waals surface area contributed by atoms with Gasteiger partial charge in [-0.25, -0.2) is 9.97 Å². The van der Waals surface area contributed by atoms with Gasteiger partial charge in [0.1, 0.15) is 6.33 Å². The Morgan fingerprint density at radius 3 is 3.00 bits per heavy atom. The molecule has 1 aliphatic rings. The van der Waals surface area contributed by atoms with E-state index in [-0.39, 0.29) is 12.1 Å². The van der Waals surface area contributed by atoms with Gasteiger partial charge in [0, 0.05) is 27.3 Å². The first-order valence-electron chi connectivity index (χ1n) is 6.22. The van der Waals surface area contributed by atoms with Crippen LogP contribution in [0, 0.1) is 0 Å². The van der Waals surface area contributed by atoms with Crippen LogP contribution in [0.4, 0.5) is 0 Å². The summed E-state index contributed by atoms with van der Waals surface area (Å²) < 4.78 is 9.13. The minimum atomic E-state index is -0.441. The van der Waals surface area contributed by atoms with Crippen LogP contribution < -0.4 is 0 Å². The first kappa shape index (κ1) is 14.7.